The summed E-state index contributed by atoms with van der Waals surface area (Å²) in [7, 11) is 0. The van der Waals surface area contributed by atoms with Crippen LogP contribution in [0.2, 0.25) is 0 Å². The maximum atomic E-state index is 13.0. The molecule has 21 heavy (non-hydrogen) atoms. The third kappa shape index (κ3) is 3.32. The normalized spacial score (nSPS) is 10.4. The number of carbonyl (C=O) groups excluding carboxylic acids is 1. The zero-order chi connectivity index (χ0) is 15.6. The Morgan fingerprint density at radius 2 is 2.05 bits per heavy atom. The first-order valence-electron chi connectivity index (χ1n) is 5.71. The maximum absolute atomic E-state index is 13.0. The summed E-state index contributed by atoms with van der Waals surface area (Å²) in [5.41, 5.74) is 3.57. The van der Waals surface area contributed by atoms with Crippen LogP contribution in [0.1, 0.15) is 0 Å². The number of aromatic amines is 1. The first kappa shape index (κ1) is 14.4. The van der Waals surface area contributed by atoms with E-state index in [9.17, 15) is 23.2 Å². The van der Waals surface area contributed by atoms with Crippen LogP contribution < -0.4 is 22.3 Å². The van der Waals surface area contributed by atoms with E-state index in [0.717, 1.165) is 12.1 Å². The fourth-order valence-electron chi connectivity index (χ4n) is 1.59. The number of nitrogens with one attached hydrogen (secondary N) is 2. The van der Waals surface area contributed by atoms with Crippen molar-refractivity contribution in [1.82, 2.24) is 9.55 Å². The fraction of sp³-hybridized carbons (Fsp3) is 0.0833. The molecule has 2 rings (SSSR count). The Labute approximate surface area is 116 Å². The van der Waals surface area contributed by atoms with Crippen LogP contribution in [0.3, 0.4) is 0 Å². The summed E-state index contributed by atoms with van der Waals surface area (Å²) in [5, 5.41) is 2.34. The van der Waals surface area contributed by atoms with E-state index in [4.69, 9.17) is 5.73 Å². The van der Waals surface area contributed by atoms with Gasteiger partial charge < -0.3 is 11.1 Å². The molecule has 1 aromatic carbocycles. The number of rotatable bonds is 3. The van der Waals surface area contributed by atoms with Gasteiger partial charge in [-0.15, -0.1) is 0 Å². The quantitative estimate of drug-likeness (QED) is 0.694. The zero-order valence-electron chi connectivity index (χ0n) is 10.5. The minimum absolute atomic E-state index is 0.00310. The van der Waals surface area contributed by atoms with Crippen LogP contribution in [0.25, 0.3) is 0 Å². The molecule has 0 unspecified atom stereocenters. The van der Waals surface area contributed by atoms with Gasteiger partial charge in [0.25, 0.3) is 5.56 Å². The van der Waals surface area contributed by atoms with Crippen molar-refractivity contribution in [3.63, 3.8) is 0 Å². The van der Waals surface area contributed by atoms with E-state index >= 15 is 0 Å². The predicted molar refractivity (Wildman–Crippen MR) is 70.7 cm³/mol. The lowest BCUT2D eigenvalue weighted by Crippen LogP contribution is -2.34. The molecular weight excluding hydrogens is 286 g/mol. The third-order valence-corrected chi connectivity index (χ3v) is 2.57. The topological polar surface area (TPSA) is 110 Å². The number of nitrogens with zero attached hydrogens (tertiary/aromatic N) is 1. The summed E-state index contributed by atoms with van der Waals surface area (Å²) in [5.74, 6) is -2.45. The van der Waals surface area contributed by atoms with Gasteiger partial charge in [-0.3, -0.25) is 19.1 Å². The number of aromatic nitrogens is 2. The Bertz CT molecular complexity index is 813. The second-order valence-electron chi connectivity index (χ2n) is 4.14. The summed E-state index contributed by atoms with van der Waals surface area (Å²) in [6, 6.07) is 3.36. The molecule has 0 bridgehead atoms. The van der Waals surface area contributed by atoms with Crippen molar-refractivity contribution in [3.05, 3.63) is 56.9 Å². The van der Waals surface area contributed by atoms with Crippen molar-refractivity contribution >= 4 is 17.3 Å². The number of H-pyrrole nitrogens is 1. The van der Waals surface area contributed by atoms with Gasteiger partial charge in [-0.1, -0.05) is 0 Å². The number of nitrogen functional groups attached to an aromatic ring is 1. The highest BCUT2D eigenvalue weighted by Gasteiger charge is 2.10. The highest BCUT2D eigenvalue weighted by Crippen LogP contribution is 2.18. The molecule has 1 amide bonds. The first-order valence-corrected chi connectivity index (χ1v) is 5.71. The average Bonchev–Trinajstić information content (AvgIpc) is 2.39. The molecule has 0 aliphatic carbocycles. The summed E-state index contributed by atoms with van der Waals surface area (Å²) >= 11 is 0. The number of amides is 1. The lowest BCUT2D eigenvalue weighted by molar-refractivity contribution is -0.116. The summed E-state index contributed by atoms with van der Waals surface area (Å²) in [4.78, 5) is 35.7. The Kier molecular flexibility index (Phi) is 3.83. The largest absolute Gasteiger partial charge is 0.397 e. The fourth-order valence-corrected chi connectivity index (χ4v) is 1.59. The summed E-state index contributed by atoms with van der Waals surface area (Å²) in [6.07, 6.45) is 0.620. The van der Waals surface area contributed by atoms with Gasteiger partial charge >= 0.3 is 5.69 Å². The molecule has 0 radical (unpaired) electrons. The van der Waals surface area contributed by atoms with E-state index in [-0.39, 0.29) is 11.4 Å². The van der Waals surface area contributed by atoms with Gasteiger partial charge in [-0.05, 0) is 18.2 Å². The number of hydrogen-bond acceptors (Lipinski definition) is 4. The Morgan fingerprint density at radius 1 is 1.33 bits per heavy atom. The van der Waals surface area contributed by atoms with Gasteiger partial charge in [0, 0.05) is 0 Å². The lowest BCUT2D eigenvalue weighted by atomic mass is 10.2. The van der Waals surface area contributed by atoms with Crippen LogP contribution in [0.4, 0.5) is 20.2 Å². The minimum Gasteiger partial charge on any atom is -0.397 e. The molecule has 0 aliphatic rings. The van der Waals surface area contributed by atoms with Crippen molar-refractivity contribution < 1.29 is 13.6 Å². The molecule has 110 valence electrons. The van der Waals surface area contributed by atoms with Gasteiger partial charge in [-0.25, -0.2) is 9.18 Å². The van der Waals surface area contributed by atoms with Gasteiger partial charge in [0.05, 0.1) is 17.6 Å². The summed E-state index contributed by atoms with van der Waals surface area (Å²) < 4.78 is 26.6. The molecule has 7 nitrogen and oxygen atoms in total. The van der Waals surface area contributed by atoms with Crippen LogP contribution in [0.15, 0.2) is 34.0 Å². The zero-order valence-corrected chi connectivity index (χ0v) is 10.5. The number of carbonyl (C=O) groups is 1. The average molecular weight is 296 g/mol. The Morgan fingerprint density at radius 3 is 2.71 bits per heavy atom. The number of halogens is 2. The van der Waals surface area contributed by atoms with E-state index in [1.807, 2.05) is 0 Å². The highest BCUT2D eigenvalue weighted by molar-refractivity contribution is 5.93. The van der Waals surface area contributed by atoms with Crippen molar-refractivity contribution in [1.29, 1.82) is 0 Å². The molecule has 0 atom stereocenters. The SMILES string of the molecule is Nc1cc(F)ccc1NC(=O)Cn1cc(F)c(=O)[nH]c1=O. The van der Waals surface area contributed by atoms with Crippen LogP contribution in [0, 0.1) is 11.6 Å². The Hall–Kier alpha value is -2.97. The number of anilines is 2. The molecule has 2 aromatic rings. The maximum Gasteiger partial charge on any atom is 0.328 e. The molecule has 0 fully saturated rings. The number of benzene rings is 1. The van der Waals surface area contributed by atoms with Crippen LogP contribution >= 0.6 is 0 Å². The van der Waals surface area contributed by atoms with E-state index in [2.05, 4.69) is 5.32 Å². The van der Waals surface area contributed by atoms with Gasteiger partial charge in [-0.2, -0.15) is 4.39 Å². The molecule has 0 saturated carbocycles. The van der Waals surface area contributed by atoms with Crippen molar-refractivity contribution in [2.24, 2.45) is 0 Å². The third-order valence-electron chi connectivity index (χ3n) is 2.57. The number of nitrogens with two attached hydrogens (primary N) is 1. The molecule has 0 aliphatic heterocycles. The van der Waals surface area contributed by atoms with E-state index in [1.54, 1.807) is 4.98 Å². The smallest absolute Gasteiger partial charge is 0.328 e. The van der Waals surface area contributed by atoms with E-state index < -0.39 is 35.3 Å². The molecule has 1 aromatic heterocycles. The monoisotopic (exact) mass is 296 g/mol. The number of hydrogen-bond donors (Lipinski definition) is 3. The van der Waals surface area contributed by atoms with E-state index in [1.165, 1.54) is 6.07 Å². The van der Waals surface area contributed by atoms with Crippen molar-refractivity contribution in [3.8, 4) is 0 Å². The van der Waals surface area contributed by atoms with Crippen LogP contribution in [-0.2, 0) is 11.3 Å². The van der Waals surface area contributed by atoms with E-state index in [0.29, 0.717) is 10.8 Å². The van der Waals surface area contributed by atoms with Gasteiger partial charge in [0.1, 0.15) is 12.4 Å². The van der Waals surface area contributed by atoms with Gasteiger partial charge in [0.15, 0.2) is 0 Å². The molecule has 1 heterocycles. The second-order valence-corrected chi connectivity index (χ2v) is 4.14. The first-order chi connectivity index (χ1) is 9.86. The Balaban J connectivity index is 2.17. The molecule has 4 N–H and O–H groups in total. The van der Waals surface area contributed by atoms with Gasteiger partial charge in [0.2, 0.25) is 11.7 Å². The van der Waals surface area contributed by atoms with Crippen LogP contribution in [-0.4, -0.2) is 15.5 Å². The molecule has 0 saturated heterocycles. The standard InChI is InChI=1S/C12H10F2N4O3/c13-6-1-2-9(8(15)3-6)16-10(19)5-18-4-7(14)11(20)17-12(18)21/h1-4H,5,15H2,(H,16,19)(H,17,20,21). The minimum atomic E-state index is -1.19. The molecule has 9 heteroatoms. The van der Waals surface area contributed by atoms with Crippen LogP contribution in [0.5, 0.6) is 0 Å². The molecular formula is C12H10F2N4O3. The highest BCUT2D eigenvalue weighted by atomic mass is 19.1. The van der Waals surface area contributed by atoms with Crippen molar-refractivity contribution in [2.45, 2.75) is 6.54 Å². The summed E-state index contributed by atoms with van der Waals surface area (Å²) in [6.45, 7) is -0.538. The molecule has 0 spiro atoms. The predicted octanol–water partition coefficient (Wildman–Crippen LogP) is 0.0357. The second kappa shape index (κ2) is 5.57. The lowest BCUT2D eigenvalue weighted by Gasteiger charge is -2.09. The van der Waals surface area contributed by atoms with Crippen molar-refractivity contribution in [2.75, 3.05) is 11.1 Å².